The topological polar surface area (TPSA) is 68.0 Å². The number of carbonyl (C=O) groups is 1. The van der Waals surface area contributed by atoms with Gasteiger partial charge in [-0.25, -0.2) is 4.39 Å². The lowest BCUT2D eigenvalue weighted by atomic mass is 10.2. The van der Waals surface area contributed by atoms with E-state index >= 15 is 0 Å². The van der Waals surface area contributed by atoms with Crippen LogP contribution in [0, 0.1) is 5.82 Å². The normalized spacial score (nSPS) is 10.1. The summed E-state index contributed by atoms with van der Waals surface area (Å²) in [6.45, 7) is 0. The molecule has 6 heteroatoms. The molecule has 2 aromatic rings. The number of nitrogens with two attached hydrogens (primary N) is 1. The van der Waals surface area contributed by atoms with Crippen molar-refractivity contribution in [2.45, 2.75) is 0 Å². The average molecular weight is 266 g/mol. The third-order valence-electron chi connectivity index (χ3n) is 2.30. The van der Waals surface area contributed by atoms with E-state index in [2.05, 4.69) is 10.3 Å². The molecule has 1 amide bonds. The highest BCUT2D eigenvalue weighted by Crippen LogP contribution is 2.21. The van der Waals surface area contributed by atoms with Gasteiger partial charge in [-0.1, -0.05) is 17.7 Å². The number of nitrogens with zero attached hydrogens (tertiary/aromatic N) is 1. The fourth-order valence-corrected chi connectivity index (χ4v) is 1.56. The third kappa shape index (κ3) is 2.41. The molecule has 4 nitrogen and oxygen atoms in total. The Morgan fingerprint density at radius 3 is 2.89 bits per heavy atom. The number of hydrogen-bond acceptors (Lipinski definition) is 3. The maximum atomic E-state index is 13.6. The second-order valence-corrected chi connectivity index (χ2v) is 3.93. The number of amides is 1. The van der Waals surface area contributed by atoms with Crippen molar-refractivity contribution in [3.05, 3.63) is 53.1 Å². The van der Waals surface area contributed by atoms with Gasteiger partial charge < -0.3 is 11.1 Å². The summed E-state index contributed by atoms with van der Waals surface area (Å²) in [7, 11) is 0. The van der Waals surface area contributed by atoms with E-state index in [0.29, 0.717) is 11.4 Å². The molecular formula is C12H9ClFN3O. The van der Waals surface area contributed by atoms with E-state index in [1.807, 2.05) is 0 Å². The molecule has 0 aliphatic rings. The molecule has 0 saturated carbocycles. The summed E-state index contributed by atoms with van der Waals surface area (Å²) in [5.41, 5.74) is 6.15. The molecule has 0 bridgehead atoms. The summed E-state index contributed by atoms with van der Waals surface area (Å²) < 4.78 is 13.6. The zero-order valence-electron chi connectivity index (χ0n) is 9.15. The minimum absolute atomic E-state index is 0.106. The fourth-order valence-electron chi connectivity index (χ4n) is 1.39. The second-order valence-electron chi connectivity index (χ2n) is 3.52. The van der Waals surface area contributed by atoms with Gasteiger partial charge in [0, 0.05) is 6.20 Å². The number of rotatable bonds is 2. The average Bonchev–Trinajstić information content (AvgIpc) is 2.35. The predicted molar refractivity (Wildman–Crippen MR) is 68.0 cm³/mol. The molecule has 0 spiro atoms. The number of aromatic nitrogens is 1. The lowest BCUT2D eigenvalue weighted by molar-refractivity contribution is 0.102. The van der Waals surface area contributed by atoms with Crippen LogP contribution in [0.3, 0.4) is 0 Å². The minimum Gasteiger partial charge on any atom is -0.396 e. The fraction of sp³-hybridized carbons (Fsp3) is 0. The van der Waals surface area contributed by atoms with Gasteiger partial charge in [0.1, 0.15) is 0 Å². The molecule has 0 aliphatic heterocycles. The second kappa shape index (κ2) is 5.01. The summed E-state index contributed by atoms with van der Waals surface area (Å²) in [4.78, 5) is 15.6. The molecule has 2 rings (SSSR count). The Bertz CT molecular complexity index is 604. The number of nitrogen functional groups attached to an aromatic ring is 1. The quantitative estimate of drug-likeness (QED) is 0.877. The van der Waals surface area contributed by atoms with Crippen molar-refractivity contribution in [3.63, 3.8) is 0 Å². The number of halogens is 2. The number of pyridine rings is 1. The summed E-state index contributed by atoms with van der Waals surface area (Å²) in [5.74, 6) is -1.38. The molecule has 0 saturated heterocycles. The van der Waals surface area contributed by atoms with Crippen molar-refractivity contribution in [1.82, 2.24) is 4.98 Å². The van der Waals surface area contributed by atoms with Crippen molar-refractivity contribution in [2.75, 3.05) is 11.1 Å². The van der Waals surface area contributed by atoms with Gasteiger partial charge in [-0.3, -0.25) is 9.78 Å². The van der Waals surface area contributed by atoms with Gasteiger partial charge >= 0.3 is 0 Å². The Balaban J connectivity index is 2.28. The molecule has 0 radical (unpaired) electrons. The van der Waals surface area contributed by atoms with Crippen LogP contribution in [0.2, 0.25) is 5.02 Å². The van der Waals surface area contributed by atoms with E-state index in [1.165, 1.54) is 36.7 Å². The Morgan fingerprint density at radius 2 is 2.17 bits per heavy atom. The van der Waals surface area contributed by atoms with Crippen molar-refractivity contribution in [1.29, 1.82) is 0 Å². The van der Waals surface area contributed by atoms with E-state index in [4.69, 9.17) is 17.3 Å². The van der Waals surface area contributed by atoms with Crippen LogP contribution in [0.4, 0.5) is 15.8 Å². The van der Waals surface area contributed by atoms with Crippen LogP contribution in [-0.4, -0.2) is 10.9 Å². The first-order valence-corrected chi connectivity index (χ1v) is 5.42. The molecule has 18 heavy (non-hydrogen) atoms. The van der Waals surface area contributed by atoms with E-state index in [-0.39, 0.29) is 10.6 Å². The molecular weight excluding hydrogens is 257 g/mol. The van der Waals surface area contributed by atoms with Gasteiger partial charge in [0.05, 0.1) is 28.2 Å². The van der Waals surface area contributed by atoms with Crippen molar-refractivity contribution in [2.24, 2.45) is 0 Å². The monoisotopic (exact) mass is 265 g/mol. The maximum Gasteiger partial charge on any atom is 0.258 e. The molecule has 0 fully saturated rings. The minimum atomic E-state index is -0.760. The van der Waals surface area contributed by atoms with Crippen molar-refractivity contribution >= 4 is 28.9 Å². The molecule has 1 aromatic carbocycles. The van der Waals surface area contributed by atoms with Crippen LogP contribution >= 0.6 is 11.6 Å². The zero-order chi connectivity index (χ0) is 13.1. The summed E-state index contributed by atoms with van der Waals surface area (Å²) in [6, 6.07) is 5.73. The number of benzene rings is 1. The van der Waals surface area contributed by atoms with Crippen LogP contribution < -0.4 is 11.1 Å². The van der Waals surface area contributed by atoms with E-state index in [1.54, 1.807) is 0 Å². The van der Waals surface area contributed by atoms with Crippen molar-refractivity contribution in [3.8, 4) is 0 Å². The summed E-state index contributed by atoms with van der Waals surface area (Å²) in [6.07, 6.45) is 2.87. The van der Waals surface area contributed by atoms with Gasteiger partial charge in [0.25, 0.3) is 5.91 Å². The Morgan fingerprint density at radius 1 is 1.39 bits per heavy atom. The smallest absolute Gasteiger partial charge is 0.258 e. The summed E-state index contributed by atoms with van der Waals surface area (Å²) in [5, 5.41) is 2.39. The van der Waals surface area contributed by atoms with Gasteiger partial charge in [-0.05, 0) is 18.2 Å². The first-order valence-electron chi connectivity index (χ1n) is 5.04. The summed E-state index contributed by atoms with van der Waals surface area (Å²) >= 11 is 5.60. The molecule has 1 heterocycles. The maximum absolute atomic E-state index is 13.6. The van der Waals surface area contributed by atoms with Crippen LogP contribution in [0.25, 0.3) is 0 Å². The first-order chi connectivity index (χ1) is 8.59. The zero-order valence-corrected chi connectivity index (χ0v) is 9.91. The molecule has 1 aromatic heterocycles. The van der Waals surface area contributed by atoms with Crippen molar-refractivity contribution < 1.29 is 9.18 Å². The Kier molecular flexibility index (Phi) is 3.43. The lowest BCUT2D eigenvalue weighted by Crippen LogP contribution is -2.15. The van der Waals surface area contributed by atoms with Crippen LogP contribution in [0.1, 0.15) is 10.4 Å². The predicted octanol–water partition coefficient (Wildman–Crippen LogP) is 2.71. The first kappa shape index (κ1) is 12.3. The molecule has 0 atom stereocenters. The number of nitrogens with one attached hydrogen (secondary N) is 1. The number of carbonyl (C=O) groups excluding carboxylic acids is 1. The molecule has 0 unspecified atom stereocenters. The largest absolute Gasteiger partial charge is 0.396 e. The van der Waals surface area contributed by atoms with E-state index in [9.17, 15) is 9.18 Å². The number of anilines is 2. The standard InChI is InChI=1S/C12H9ClFN3O/c13-8-3-1-2-7(11(8)14)12(18)17-10-4-5-16-6-9(10)15/h1-6H,15H2,(H,16,17,18). The SMILES string of the molecule is Nc1cnccc1NC(=O)c1cccc(Cl)c1F. The highest BCUT2D eigenvalue weighted by molar-refractivity contribution is 6.31. The highest BCUT2D eigenvalue weighted by Gasteiger charge is 2.14. The van der Waals surface area contributed by atoms with E-state index < -0.39 is 11.7 Å². The molecule has 3 N–H and O–H groups in total. The lowest BCUT2D eigenvalue weighted by Gasteiger charge is -2.08. The van der Waals surface area contributed by atoms with Crippen LogP contribution in [0.15, 0.2) is 36.7 Å². The van der Waals surface area contributed by atoms with Gasteiger partial charge in [0.2, 0.25) is 0 Å². The van der Waals surface area contributed by atoms with Gasteiger partial charge in [-0.2, -0.15) is 0 Å². The van der Waals surface area contributed by atoms with Crippen LogP contribution in [0.5, 0.6) is 0 Å². The van der Waals surface area contributed by atoms with Crippen LogP contribution in [-0.2, 0) is 0 Å². The van der Waals surface area contributed by atoms with Gasteiger partial charge in [0.15, 0.2) is 5.82 Å². The third-order valence-corrected chi connectivity index (χ3v) is 2.59. The van der Waals surface area contributed by atoms with Gasteiger partial charge in [-0.15, -0.1) is 0 Å². The highest BCUT2D eigenvalue weighted by atomic mass is 35.5. The Hall–Kier alpha value is -2.14. The molecule has 92 valence electrons. The number of hydrogen-bond donors (Lipinski definition) is 2. The Labute approximate surface area is 108 Å². The molecule has 0 aliphatic carbocycles. The van der Waals surface area contributed by atoms with E-state index in [0.717, 1.165) is 0 Å².